The van der Waals surface area contributed by atoms with Crippen LogP contribution in [0.3, 0.4) is 0 Å². The molecule has 2 aromatic heterocycles. The number of rotatable bonds is 4. The Balaban J connectivity index is 1.44. The monoisotopic (exact) mass is 366 g/mol. The number of thiazole rings is 1. The quantitative estimate of drug-likeness (QED) is 0.735. The zero-order valence-electron chi connectivity index (χ0n) is 14.1. The number of nitrogens with one attached hydrogen (secondary N) is 1. The van der Waals surface area contributed by atoms with Crippen molar-refractivity contribution in [3.05, 3.63) is 64.6 Å². The van der Waals surface area contributed by atoms with Crippen molar-refractivity contribution in [1.29, 1.82) is 0 Å². The van der Waals surface area contributed by atoms with Crippen molar-refractivity contribution in [2.45, 2.75) is 19.5 Å². The molecule has 132 valence electrons. The fourth-order valence-electron chi connectivity index (χ4n) is 2.96. The first kappa shape index (κ1) is 16.6. The van der Waals surface area contributed by atoms with E-state index in [9.17, 15) is 4.79 Å². The van der Waals surface area contributed by atoms with E-state index in [1.54, 1.807) is 0 Å². The fourth-order valence-corrected chi connectivity index (χ4v) is 4.00. The van der Waals surface area contributed by atoms with Crippen LogP contribution >= 0.6 is 11.3 Å². The van der Waals surface area contributed by atoms with Gasteiger partial charge in [-0.05, 0) is 5.56 Å². The van der Waals surface area contributed by atoms with E-state index in [0.717, 1.165) is 31.7 Å². The summed E-state index contributed by atoms with van der Waals surface area (Å²) < 4.78 is 0. The molecule has 3 aromatic rings. The Morgan fingerprint density at radius 3 is 2.85 bits per heavy atom. The van der Waals surface area contributed by atoms with E-state index >= 15 is 0 Å². The van der Waals surface area contributed by atoms with Gasteiger partial charge in [0.05, 0.1) is 5.69 Å². The van der Waals surface area contributed by atoms with Crippen molar-refractivity contribution in [3.8, 4) is 0 Å². The molecule has 4 rings (SSSR count). The average molecular weight is 366 g/mol. The third-order valence-electron chi connectivity index (χ3n) is 4.22. The lowest BCUT2D eigenvalue weighted by Gasteiger charge is -2.25. The number of nitrogens with zero attached hydrogens (tertiary/aromatic N) is 4. The molecule has 0 radical (unpaired) electrons. The Bertz CT molecular complexity index is 926. The number of benzene rings is 1. The second-order valence-electron chi connectivity index (χ2n) is 6.08. The number of anilines is 2. The Labute approximate surface area is 154 Å². The highest BCUT2D eigenvalue weighted by Crippen LogP contribution is 2.29. The van der Waals surface area contributed by atoms with E-state index in [1.807, 2.05) is 6.07 Å². The predicted octanol–water partition coefficient (Wildman–Crippen LogP) is 2.33. The highest BCUT2D eigenvalue weighted by molar-refractivity contribution is 7.15. The summed E-state index contributed by atoms with van der Waals surface area (Å²) in [6.45, 7) is 2.71. The van der Waals surface area contributed by atoms with Crippen LogP contribution in [0.15, 0.2) is 42.7 Å². The van der Waals surface area contributed by atoms with E-state index < -0.39 is 0 Å². The molecule has 0 spiro atoms. The lowest BCUT2D eigenvalue weighted by molar-refractivity contribution is 0.102. The van der Waals surface area contributed by atoms with Gasteiger partial charge >= 0.3 is 0 Å². The first-order valence-corrected chi connectivity index (χ1v) is 9.13. The SMILES string of the molecule is Nc1nccnc1C(=O)Nc1nc2c(s1)CN(Cc1ccccc1)CC2. The molecule has 3 N–H and O–H groups in total. The summed E-state index contributed by atoms with van der Waals surface area (Å²) in [5, 5.41) is 3.36. The second-order valence-corrected chi connectivity index (χ2v) is 7.16. The summed E-state index contributed by atoms with van der Waals surface area (Å²) in [6.07, 6.45) is 3.77. The number of aromatic nitrogens is 3. The second kappa shape index (κ2) is 7.19. The van der Waals surface area contributed by atoms with Crippen LogP contribution < -0.4 is 11.1 Å². The Hall–Kier alpha value is -2.84. The lowest BCUT2D eigenvalue weighted by atomic mass is 10.1. The molecule has 8 heteroatoms. The molecule has 0 saturated carbocycles. The van der Waals surface area contributed by atoms with Crippen LogP contribution in [0.1, 0.15) is 26.6 Å². The molecular formula is C18H18N6OS. The molecule has 3 heterocycles. The van der Waals surface area contributed by atoms with E-state index in [1.165, 1.54) is 34.2 Å². The zero-order valence-corrected chi connectivity index (χ0v) is 14.9. The largest absolute Gasteiger partial charge is 0.382 e. The fraction of sp³-hybridized carbons (Fsp3) is 0.222. The Kier molecular flexibility index (Phi) is 4.59. The Morgan fingerprint density at radius 2 is 2.04 bits per heavy atom. The third-order valence-corrected chi connectivity index (χ3v) is 5.22. The number of carbonyl (C=O) groups is 1. The molecular weight excluding hydrogens is 348 g/mol. The van der Waals surface area contributed by atoms with Gasteiger partial charge in [-0.2, -0.15) is 0 Å². The van der Waals surface area contributed by atoms with Crippen LogP contribution in [0.5, 0.6) is 0 Å². The summed E-state index contributed by atoms with van der Waals surface area (Å²) in [5.41, 5.74) is 8.18. The van der Waals surface area contributed by atoms with Gasteiger partial charge in [-0.15, -0.1) is 11.3 Å². The molecule has 0 atom stereocenters. The van der Waals surface area contributed by atoms with Crippen molar-refractivity contribution in [1.82, 2.24) is 19.9 Å². The van der Waals surface area contributed by atoms with Gasteiger partial charge in [0.1, 0.15) is 0 Å². The van der Waals surface area contributed by atoms with Gasteiger partial charge in [0.2, 0.25) is 0 Å². The van der Waals surface area contributed by atoms with Gasteiger partial charge < -0.3 is 5.73 Å². The van der Waals surface area contributed by atoms with Crippen molar-refractivity contribution in [2.24, 2.45) is 0 Å². The molecule has 1 aliphatic heterocycles. The number of fused-ring (bicyclic) bond motifs is 1. The highest BCUT2D eigenvalue weighted by Gasteiger charge is 2.22. The van der Waals surface area contributed by atoms with E-state index in [2.05, 4.69) is 49.4 Å². The molecule has 0 fully saturated rings. The summed E-state index contributed by atoms with van der Waals surface area (Å²) in [5.74, 6) is -0.275. The predicted molar refractivity (Wildman–Crippen MR) is 101 cm³/mol. The number of amides is 1. The minimum Gasteiger partial charge on any atom is -0.382 e. The number of nitrogen functional groups attached to an aromatic ring is 1. The maximum atomic E-state index is 12.3. The normalized spacial score (nSPS) is 14.0. The molecule has 26 heavy (non-hydrogen) atoms. The van der Waals surface area contributed by atoms with Gasteiger partial charge in [-0.1, -0.05) is 30.3 Å². The van der Waals surface area contributed by atoms with Crippen LogP contribution in [0.25, 0.3) is 0 Å². The molecule has 0 aliphatic carbocycles. The first-order chi connectivity index (χ1) is 12.7. The molecule has 1 aromatic carbocycles. The summed E-state index contributed by atoms with van der Waals surface area (Å²) in [6, 6.07) is 10.4. The van der Waals surface area contributed by atoms with Gasteiger partial charge in [0.15, 0.2) is 16.6 Å². The standard InChI is InChI=1S/C18H18N6OS/c19-16-15(20-7-8-21-16)17(25)23-18-22-13-6-9-24(11-14(13)26-18)10-12-4-2-1-3-5-12/h1-5,7-8H,6,9-11H2,(H2,19,21)(H,22,23,25). The lowest BCUT2D eigenvalue weighted by Crippen LogP contribution is -2.29. The molecule has 1 amide bonds. The number of carbonyl (C=O) groups excluding carboxylic acids is 1. The topological polar surface area (TPSA) is 97.0 Å². The maximum absolute atomic E-state index is 12.3. The van der Waals surface area contributed by atoms with Gasteiger partial charge in [-0.3, -0.25) is 15.0 Å². The molecule has 0 bridgehead atoms. The zero-order chi connectivity index (χ0) is 17.9. The van der Waals surface area contributed by atoms with Crippen LogP contribution in [-0.4, -0.2) is 32.3 Å². The average Bonchev–Trinajstić information content (AvgIpc) is 3.04. The van der Waals surface area contributed by atoms with Gasteiger partial charge in [-0.25, -0.2) is 15.0 Å². The summed E-state index contributed by atoms with van der Waals surface area (Å²) in [7, 11) is 0. The maximum Gasteiger partial charge on any atom is 0.279 e. The summed E-state index contributed by atoms with van der Waals surface area (Å²) >= 11 is 1.50. The smallest absolute Gasteiger partial charge is 0.279 e. The van der Waals surface area contributed by atoms with Crippen LogP contribution in [0.4, 0.5) is 10.9 Å². The van der Waals surface area contributed by atoms with E-state index in [-0.39, 0.29) is 17.4 Å². The van der Waals surface area contributed by atoms with Crippen molar-refractivity contribution < 1.29 is 4.79 Å². The number of hydrogen-bond donors (Lipinski definition) is 2. The molecule has 1 aliphatic rings. The van der Waals surface area contributed by atoms with Crippen molar-refractivity contribution >= 4 is 28.2 Å². The Morgan fingerprint density at radius 1 is 1.23 bits per heavy atom. The van der Waals surface area contributed by atoms with E-state index in [0.29, 0.717) is 5.13 Å². The first-order valence-electron chi connectivity index (χ1n) is 8.32. The summed E-state index contributed by atoms with van der Waals surface area (Å²) in [4.78, 5) is 28.3. The minimum atomic E-state index is -0.386. The van der Waals surface area contributed by atoms with Crippen LogP contribution in [-0.2, 0) is 19.5 Å². The van der Waals surface area contributed by atoms with Crippen LogP contribution in [0.2, 0.25) is 0 Å². The highest BCUT2D eigenvalue weighted by atomic mass is 32.1. The van der Waals surface area contributed by atoms with Crippen molar-refractivity contribution in [2.75, 3.05) is 17.6 Å². The van der Waals surface area contributed by atoms with E-state index in [4.69, 9.17) is 5.73 Å². The molecule has 7 nitrogen and oxygen atoms in total. The molecule has 0 saturated heterocycles. The number of hydrogen-bond acceptors (Lipinski definition) is 7. The van der Waals surface area contributed by atoms with Crippen LogP contribution in [0, 0.1) is 0 Å². The van der Waals surface area contributed by atoms with Crippen molar-refractivity contribution in [3.63, 3.8) is 0 Å². The third kappa shape index (κ3) is 3.56. The minimum absolute atomic E-state index is 0.111. The number of nitrogens with two attached hydrogens (primary N) is 1. The molecule has 0 unspecified atom stereocenters. The van der Waals surface area contributed by atoms with Gasteiger partial charge in [0.25, 0.3) is 5.91 Å². The van der Waals surface area contributed by atoms with Gasteiger partial charge in [0, 0.05) is 43.3 Å².